The molecule has 7 heteroatoms. The Kier molecular flexibility index (Phi) is 4.49. The van der Waals surface area contributed by atoms with E-state index < -0.39 is 6.10 Å². The molecule has 1 aliphatic rings. The number of morpholine rings is 1. The molecule has 2 rings (SSSR count). The number of aryl methyl sites for hydroxylation is 1. The topological polar surface area (TPSA) is 76.3 Å². The van der Waals surface area contributed by atoms with Gasteiger partial charge in [0, 0.05) is 25.0 Å². The molecule has 0 spiro atoms. The van der Waals surface area contributed by atoms with Gasteiger partial charge in [-0.2, -0.15) is 4.80 Å². The Morgan fingerprint density at radius 1 is 1.42 bits per heavy atom. The van der Waals surface area contributed by atoms with Gasteiger partial charge >= 0.3 is 0 Å². The molecule has 0 aromatic carbocycles. The zero-order valence-corrected chi connectivity index (χ0v) is 11.9. The molecular formula is C12H23N5O2. The summed E-state index contributed by atoms with van der Waals surface area (Å²) in [5.74, 6) is 0.586. The zero-order chi connectivity index (χ0) is 13.9. The summed E-state index contributed by atoms with van der Waals surface area (Å²) in [6, 6.07) is 0. The second kappa shape index (κ2) is 5.94. The van der Waals surface area contributed by atoms with Gasteiger partial charge in [-0.25, -0.2) is 0 Å². The molecule has 1 N–H and O–H groups in total. The van der Waals surface area contributed by atoms with E-state index in [0.717, 1.165) is 32.7 Å². The molecule has 0 saturated carbocycles. The molecule has 7 nitrogen and oxygen atoms in total. The van der Waals surface area contributed by atoms with Crippen LogP contribution in [0.5, 0.6) is 0 Å². The lowest BCUT2D eigenvalue weighted by atomic mass is 9.87. The van der Waals surface area contributed by atoms with E-state index in [9.17, 15) is 5.11 Å². The van der Waals surface area contributed by atoms with Crippen LogP contribution in [-0.4, -0.2) is 68.2 Å². The van der Waals surface area contributed by atoms with Gasteiger partial charge in [-0.3, -0.25) is 4.90 Å². The fourth-order valence-corrected chi connectivity index (χ4v) is 2.54. The Hall–Kier alpha value is -1.05. The first-order valence-corrected chi connectivity index (χ1v) is 6.80. The summed E-state index contributed by atoms with van der Waals surface area (Å²) in [4.78, 5) is 3.72. The minimum Gasteiger partial charge on any atom is -0.391 e. The highest BCUT2D eigenvalue weighted by atomic mass is 16.5. The van der Waals surface area contributed by atoms with Crippen molar-refractivity contribution in [3.8, 4) is 0 Å². The highest BCUT2D eigenvalue weighted by Crippen LogP contribution is 2.26. The van der Waals surface area contributed by atoms with Crippen molar-refractivity contribution in [3.63, 3.8) is 0 Å². The Morgan fingerprint density at radius 2 is 2.11 bits per heavy atom. The third-order valence-electron chi connectivity index (χ3n) is 4.09. The van der Waals surface area contributed by atoms with Crippen LogP contribution in [0.25, 0.3) is 0 Å². The van der Waals surface area contributed by atoms with E-state index in [2.05, 4.69) is 34.2 Å². The molecule has 1 saturated heterocycles. The molecular weight excluding hydrogens is 246 g/mol. The maximum Gasteiger partial charge on any atom is 0.177 e. The third kappa shape index (κ3) is 3.10. The summed E-state index contributed by atoms with van der Waals surface area (Å²) >= 11 is 0. The molecule has 1 fully saturated rings. The fourth-order valence-electron chi connectivity index (χ4n) is 2.54. The van der Waals surface area contributed by atoms with Crippen LogP contribution in [0.4, 0.5) is 0 Å². The van der Waals surface area contributed by atoms with E-state index in [0.29, 0.717) is 12.2 Å². The number of rotatable bonds is 5. The standard InChI is InChI=1S/C12H23N5O2/c1-4-12(2,17-5-7-19-8-6-17)10(18)9-11-13-15-16(3)14-11/h10,18H,4-9H2,1-3H3. The van der Waals surface area contributed by atoms with Crippen LogP contribution in [0.15, 0.2) is 0 Å². The van der Waals surface area contributed by atoms with E-state index in [-0.39, 0.29) is 5.54 Å². The summed E-state index contributed by atoms with van der Waals surface area (Å²) < 4.78 is 5.38. The summed E-state index contributed by atoms with van der Waals surface area (Å²) in [5, 5.41) is 22.5. The van der Waals surface area contributed by atoms with Crippen LogP contribution in [0.2, 0.25) is 0 Å². The zero-order valence-electron chi connectivity index (χ0n) is 11.9. The Balaban J connectivity index is 2.06. The molecule has 2 unspecified atom stereocenters. The quantitative estimate of drug-likeness (QED) is 0.785. The summed E-state index contributed by atoms with van der Waals surface area (Å²) in [5.41, 5.74) is -0.275. The fraction of sp³-hybridized carbons (Fsp3) is 0.917. The molecule has 0 radical (unpaired) electrons. The van der Waals surface area contributed by atoms with E-state index in [1.54, 1.807) is 7.05 Å². The lowest BCUT2D eigenvalue weighted by Gasteiger charge is -2.45. The predicted octanol–water partition coefficient (Wildman–Crippen LogP) is -0.386. The Morgan fingerprint density at radius 3 is 2.63 bits per heavy atom. The van der Waals surface area contributed by atoms with Crippen LogP contribution >= 0.6 is 0 Å². The maximum absolute atomic E-state index is 10.6. The van der Waals surface area contributed by atoms with Crippen molar-refractivity contribution in [2.45, 2.75) is 38.3 Å². The number of ether oxygens (including phenoxy) is 1. The second-order valence-electron chi connectivity index (χ2n) is 5.23. The highest BCUT2D eigenvalue weighted by Gasteiger charge is 2.38. The lowest BCUT2D eigenvalue weighted by molar-refractivity contribution is -0.0719. The van der Waals surface area contributed by atoms with Gasteiger partial charge in [0.2, 0.25) is 0 Å². The van der Waals surface area contributed by atoms with Crippen molar-refractivity contribution >= 4 is 0 Å². The van der Waals surface area contributed by atoms with E-state index in [1.165, 1.54) is 4.80 Å². The van der Waals surface area contributed by atoms with Crippen LogP contribution < -0.4 is 0 Å². The van der Waals surface area contributed by atoms with Gasteiger partial charge < -0.3 is 9.84 Å². The molecule has 1 aromatic rings. The summed E-state index contributed by atoms with van der Waals surface area (Å²) in [6.45, 7) is 7.37. The monoisotopic (exact) mass is 269 g/mol. The van der Waals surface area contributed by atoms with Crippen molar-refractivity contribution in [2.24, 2.45) is 7.05 Å². The molecule has 108 valence electrons. The van der Waals surface area contributed by atoms with Crippen molar-refractivity contribution < 1.29 is 9.84 Å². The van der Waals surface area contributed by atoms with Gasteiger partial charge in [0.15, 0.2) is 5.82 Å². The number of aliphatic hydroxyl groups excluding tert-OH is 1. The van der Waals surface area contributed by atoms with E-state index in [1.807, 2.05) is 0 Å². The molecule has 2 heterocycles. The average molecular weight is 269 g/mol. The smallest absolute Gasteiger partial charge is 0.177 e. The van der Waals surface area contributed by atoms with Crippen LogP contribution in [-0.2, 0) is 18.2 Å². The van der Waals surface area contributed by atoms with Gasteiger partial charge in [-0.05, 0) is 18.6 Å². The SMILES string of the molecule is CCC(C)(C(O)Cc1nnn(C)n1)N1CCOCC1. The van der Waals surface area contributed by atoms with Gasteiger partial charge in [-0.15, -0.1) is 10.2 Å². The first kappa shape index (κ1) is 14.4. The number of aromatic nitrogens is 4. The Bertz CT molecular complexity index is 405. The molecule has 0 amide bonds. The molecule has 1 aliphatic heterocycles. The van der Waals surface area contributed by atoms with Crippen molar-refractivity contribution in [2.75, 3.05) is 26.3 Å². The van der Waals surface area contributed by atoms with Crippen LogP contribution in [0.1, 0.15) is 26.1 Å². The summed E-state index contributed by atoms with van der Waals surface area (Å²) in [6.07, 6.45) is 0.782. The minimum absolute atomic E-state index is 0.275. The van der Waals surface area contributed by atoms with E-state index >= 15 is 0 Å². The maximum atomic E-state index is 10.6. The second-order valence-corrected chi connectivity index (χ2v) is 5.23. The highest BCUT2D eigenvalue weighted by molar-refractivity contribution is 4.97. The number of aliphatic hydroxyl groups is 1. The Labute approximate surface area is 113 Å². The number of hydrogen-bond acceptors (Lipinski definition) is 6. The first-order valence-electron chi connectivity index (χ1n) is 6.80. The number of nitrogens with zero attached hydrogens (tertiary/aromatic N) is 5. The summed E-state index contributed by atoms with van der Waals surface area (Å²) in [7, 11) is 1.73. The average Bonchev–Trinajstić information content (AvgIpc) is 2.84. The number of hydrogen-bond donors (Lipinski definition) is 1. The first-order chi connectivity index (χ1) is 9.06. The molecule has 1 aromatic heterocycles. The van der Waals surface area contributed by atoms with Gasteiger partial charge in [-0.1, -0.05) is 6.92 Å². The molecule has 19 heavy (non-hydrogen) atoms. The molecule has 0 bridgehead atoms. The lowest BCUT2D eigenvalue weighted by Crippen LogP contribution is -2.58. The minimum atomic E-state index is -0.514. The van der Waals surface area contributed by atoms with Crippen molar-refractivity contribution in [3.05, 3.63) is 5.82 Å². The predicted molar refractivity (Wildman–Crippen MR) is 69.6 cm³/mol. The van der Waals surface area contributed by atoms with Crippen LogP contribution in [0.3, 0.4) is 0 Å². The van der Waals surface area contributed by atoms with E-state index in [4.69, 9.17) is 4.74 Å². The van der Waals surface area contributed by atoms with Crippen molar-refractivity contribution in [1.29, 1.82) is 0 Å². The third-order valence-corrected chi connectivity index (χ3v) is 4.09. The van der Waals surface area contributed by atoms with Gasteiger partial charge in [0.25, 0.3) is 0 Å². The molecule has 0 aliphatic carbocycles. The van der Waals surface area contributed by atoms with Gasteiger partial charge in [0.1, 0.15) is 0 Å². The molecule has 2 atom stereocenters. The largest absolute Gasteiger partial charge is 0.391 e. The van der Waals surface area contributed by atoms with Crippen molar-refractivity contribution in [1.82, 2.24) is 25.1 Å². The van der Waals surface area contributed by atoms with Gasteiger partial charge in [0.05, 0.1) is 26.4 Å². The number of tetrazole rings is 1. The normalized spacial score (nSPS) is 22.1. The van der Waals surface area contributed by atoms with Crippen LogP contribution in [0, 0.1) is 0 Å².